The molecule has 6 heteroatoms. The van der Waals surface area contributed by atoms with E-state index < -0.39 is 0 Å². The fraction of sp³-hybridized carbons (Fsp3) is 0.273. The molecule has 1 atom stereocenters. The van der Waals surface area contributed by atoms with Gasteiger partial charge >= 0.3 is 0 Å². The van der Waals surface area contributed by atoms with E-state index in [1.165, 1.54) is 6.08 Å². The number of allylic oxidation sites excluding steroid dienone is 1. The molecule has 0 radical (unpaired) electrons. The first-order chi connectivity index (χ1) is 13.5. The Morgan fingerprint density at radius 3 is 2.96 bits per heavy atom. The predicted molar refractivity (Wildman–Crippen MR) is 105 cm³/mol. The van der Waals surface area contributed by atoms with E-state index in [1.54, 1.807) is 24.3 Å². The molecule has 0 saturated carbocycles. The van der Waals surface area contributed by atoms with Crippen molar-refractivity contribution in [1.82, 2.24) is 0 Å². The molecule has 2 aromatic rings. The normalized spacial score (nSPS) is 17.4. The fourth-order valence-corrected chi connectivity index (χ4v) is 3.36. The van der Waals surface area contributed by atoms with Crippen molar-refractivity contribution >= 4 is 23.5 Å². The van der Waals surface area contributed by atoms with Crippen molar-refractivity contribution in [1.29, 1.82) is 0 Å². The summed E-state index contributed by atoms with van der Waals surface area (Å²) in [5.74, 6) is 1.70. The van der Waals surface area contributed by atoms with Crippen molar-refractivity contribution in [3.8, 4) is 17.2 Å². The molecule has 0 aromatic heterocycles. The summed E-state index contributed by atoms with van der Waals surface area (Å²) in [5.41, 5.74) is 2.87. The van der Waals surface area contributed by atoms with Crippen LogP contribution in [0.3, 0.4) is 0 Å². The Kier molecular flexibility index (Phi) is 4.77. The molecule has 0 unspecified atom stereocenters. The summed E-state index contributed by atoms with van der Waals surface area (Å²) >= 11 is 0. The molecule has 0 spiro atoms. The Balaban J connectivity index is 1.59. The van der Waals surface area contributed by atoms with Gasteiger partial charge < -0.3 is 19.5 Å². The molecule has 2 aromatic carbocycles. The highest BCUT2D eigenvalue weighted by Crippen LogP contribution is 2.36. The highest BCUT2D eigenvalue weighted by atomic mass is 16.5. The average molecular weight is 379 g/mol. The largest absolute Gasteiger partial charge is 0.493 e. The van der Waals surface area contributed by atoms with Crippen LogP contribution in [-0.2, 0) is 11.2 Å². The highest BCUT2D eigenvalue weighted by molar-refractivity contribution is 6.08. The van der Waals surface area contributed by atoms with E-state index in [9.17, 15) is 9.59 Å². The van der Waals surface area contributed by atoms with Gasteiger partial charge in [0, 0.05) is 23.1 Å². The molecular formula is C22H21NO5. The molecule has 0 bridgehead atoms. The number of ketones is 1. The van der Waals surface area contributed by atoms with Crippen LogP contribution in [0.4, 0.5) is 5.69 Å². The number of carbonyl (C=O) groups is 2. The lowest BCUT2D eigenvalue weighted by molar-refractivity contribution is -0.118. The maximum Gasteiger partial charge on any atom is 0.262 e. The lowest BCUT2D eigenvalue weighted by atomic mass is 10.0. The number of carbonyl (C=O) groups excluding carboxylic acids is 2. The van der Waals surface area contributed by atoms with Crippen molar-refractivity contribution in [3.63, 3.8) is 0 Å². The van der Waals surface area contributed by atoms with Gasteiger partial charge in [0.25, 0.3) is 5.91 Å². The van der Waals surface area contributed by atoms with Gasteiger partial charge in [0.2, 0.25) is 0 Å². The summed E-state index contributed by atoms with van der Waals surface area (Å²) < 4.78 is 16.9. The molecule has 28 heavy (non-hydrogen) atoms. The van der Waals surface area contributed by atoms with Gasteiger partial charge in [0.15, 0.2) is 12.4 Å². The van der Waals surface area contributed by atoms with Crippen molar-refractivity contribution in [2.24, 2.45) is 0 Å². The minimum absolute atomic E-state index is 0.0145. The van der Waals surface area contributed by atoms with Gasteiger partial charge in [-0.05, 0) is 56.3 Å². The number of nitrogens with one attached hydrogen (secondary N) is 1. The van der Waals surface area contributed by atoms with E-state index in [0.29, 0.717) is 23.6 Å². The standard InChI is InChI=1S/C22H21NO5/c1-3-26-20-11-16-8-13(2)28-21(16)10-15(20)4-6-18(24)14-5-7-19-17(9-14)23-22(25)12-27-19/h4-7,9-11,13H,3,8,12H2,1-2H3,(H,23,25)/b6-4+/t13-/m0/s1. The van der Waals surface area contributed by atoms with Crippen molar-refractivity contribution < 1.29 is 23.8 Å². The molecule has 1 N–H and O–H groups in total. The molecule has 0 fully saturated rings. The second-order valence-electron chi connectivity index (χ2n) is 6.81. The van der Waals surface area contributed by atoms with Gasteiger partial charge in [-0.15, -0.1) is 0 Å². The molecule has 0 aliphatic carbocycles. The van der Waals surface area contributed by atoms with Gasteiger partial charge in [-0.25, -0.2) is 0 Å². The van der Waals surface area contributed by atoms with Gasteiger partial charge in [-0.1, -0.05) is 0 Å². The summed E-state index contributed by atoms with van der Waals surface area (Å²) in [6.45, 7) is 4.47. The van der Waals surface area contributed by atoms with Gasteiger partial charge in [-0.2, -0.15) is 0 Å². The maximum atomic E-state index is 12.6. The Bertz CT molecular complexity index is 979. The Hall–Kier alpha value is -3.28. The number of rotatable bonds is 5. The van der Waals surface area contributed by atoms with Gasteiger partial charge in [-0.3, -0.25) is 9.59 Å². The average Bonchev–Trinajstić information content (AvgIpc) is 3.04. The molecular weight excluding hydrogens is 358 g/mol. The number of benzene rings is 2. The number of anilines is 1. The first-order valence-electron chi connectivity index (χ1n) is 9.29. The zero-order valence-electron chi connectivity index (χ0n) is 15.8. The molecule has 1 amide bonds. The zero-order valence-corrected chi connectivity index (χ0v) is 15.8. The topological polar surface area (TPSA) is 73.9 Å². The third-order valence-electron chi connectivity index (χ3n) is 4.64. The SMILES string of the molecule is CCOc1cc2c(cc1/C=C/C(=O)c1ccc3c(c1)NC(=O)CO3)O[C@@H](C)C2. The van der Waals surface area contributed by atoms with E-state index in [0.717, 1.165) is 29.0 Å². The van der Waals surface area contributed by atoms with Crippen LogP contribution in [-0.4, -0.2) is 31.0 Å². The number of ether oxygens (including phenoxy) is 3. The van der Waals surface area contributed by atoms with Crippen molar-refractivity contribution in [2.75, 3.05) is 18.5 Å². The first-order valence-corrected chi connectivity index (χ1v) is 9.29. The number of amides is 1. The van der Waals surface area contributed by atoms with Crippen LogP contribution in [0.2, 0.25) is 0 Å². The van der Waals surface area contributed by atoms with E-state index in [4.69, 9.17) is 14.2 Å². The van der Waals surface area contributed by atoms with E-state index >= 15 is 0 Å². The van der Waals surface area contributed by atoms with Crippen LogP contribution in [0.15, 0.2) is 36.4 Å². The highest BCUT2D eigenvalue weighted by Gasteiger charge is 2.21. The third kappa shape index (κ3) is 3.58. The van der Waals surface area contributed by atoms with E-state index in [2.05, 4.69) is 5.32 Å². The summed E-state index contributed by atoms with van der Waals surface area (Å²) in [6, 6.07) is 8.88. The second-order valence-corrected chi connectivity index (χ2v) is 6.81. The maximum absolute atomic E-state index is 12.6. The number of hydrogen-bond donors (Lipinski definition) is 1. The summed E-state index contributed by atoms with van der Waals surface area (Å²) in [6.07, 6.45) is 4.21. The molecule has 2 aliphatic rings. The van der Waals surface area contributed by atoms with Crippen LogP contribution in [0, 0.1) is 0 Å². The van der Waals surface area contributed by atoms with Crippen LogP contribution in [0.25, 0.3) is 6.08 Å². The molecule has 0 saturated heterocycles. The number of hydrogen-bond acceptors (Lipinski definition) is 5. The van der Waals surface area contributed by atoms with Gasteiger partial charge in [0.1, 0.15) is 23.4 Å². The second kappa shape index (κ2) is 7.38. The quantitative estimate of drug-likeness (QED) is 0.634. The molecule has 4 rings (SSSR count). The lowest BCUT2D eigenvalue weighted by Gasteiger charge is -2.18. The monoisotopic (exact) mass is 379 g/mol. The minimum atomic E-state index is -0.235. The zero-order chi connectivity index (χ0) is 19.7. The smallest absolute Gasteiger partial charge is 0.262 e. The third-order valence-corrected chi connectivity index (χ3v) is 4.64. The van der Waals surface area contributed by atoms with E-state index in [-0.39, 0.29) is 24.4 Å². The number of fused-ring (bicyclic) bond motifs is 2. The Morgan fingerprint density at radius 2 is 2.14 bits per heavy atom. The van der Waals surface area contributed by atoms with Crippen LogP contribution >= 0.6 is 0 Å². The Labute approximate surface area is 163 Å². The van der Waals surface area contributed by atoms with Crippen molar-refractivity contribution in [2.45, 2.75) is 26.4 Å². The van der Waals surface area contributed by atoms with Crippen LogP contribution in [0.1, 0.15) is 35.3 Å². The van der Waals surface area contributed by atoms with E-state index in [1.807, 2.05) is 26.0 Å². The van der Waals surface area contributed by atoms with Gasteiger partial charge in [0.05, 0.1) is 12.3 Å². The molecule has 2 heterocycles. The first kappa shape index (κ1) is 18.1. The summed E-state index contributed by atoms with van der Waals surface area (Å²) in [5, 5.41) is 2.71. The molecule has 6 nitrogen and oxygen atoms in total. The lowest BCUT2D eigenvalue weighted by Crippen LogP contribution is -2.25. The van der Waals surface area contributed by atoms with Crippen LogP contribution < -0.4 is 19.5 Å². The predicted octanol–water partition coefficient (Wildman–Crippen LogP) is 3.64. The Morgan fingerprint density at radius 1 is 1.29 bits per heavy atom. The molecule has 2 aliphatic heterocycles. The minimum Gasteiger partial charge on any atom is -0.493 e. The summed E-state index contributed by atoms with van der Waals surface area (Å²) in [4.78, 5) is 24.1. The molecule has 144 valence electrons. The summed E-state index contributed by atoms with van der Waals surface area (Å²) in [7, 11) is 0. The fourth-order valence-electron chi connectivity index (χ4n) is 3.36. The van der Waals surface area contributed by atoms with Crippen LogP contribution in [0.5, 0.6) is 17.2 Å². The van der Waals surface area contributed by atoms with Crippen molar-refractivity contribution in [3.05, 3.63) is 53.1 Å².